The van der Waals surface area contributed by atoms with Crippen LogP contribution in [-0.2, 0) is 25.2 Å². The van der Waals surface area contributed by atoms with E-state index in [1.165, 1.54) is 0 Å². The molecule has 0 saturated carbocycles. The number of esters is 1. The molecule has 0 aliphatic rings. The van der Waals surface area contributed by atoms with Gasteiger partial charge in [-0.05, 0) is 29.9 Å². The highest BCUT2D eigenvalue weighted by molar-refractivity contribution is 6.00. The Labute approximate surface area is 127 Å². The molecule has 3 nitrogen and oxygen atoms in total. The monoisotopic (exact) mass is 288 g/mol. The third-order valence-corrected chi connectivity index (χ3v) is 3.57. The van der Waals surface area contributed by atoms with Gasteiger partial charge in [0.25, 0.3) is 0 Å². The first-order valence-electron chi connectivity index (χ1n) is 7.17. The quantitative estimate of drug-likeness (QED) is 0.348. The fourth-order valence-corrected chi connectivity index (χ4v) is 2.24. The van der Waals surface area contributed by atoms with Gasteiger partial charge in [-0.15, -0.1) is 6.58 Å². The molecule has 1 aromatic rings. The average Bonchev–Trinajstić information content (AvgIpc) is 2.44. The Balaban J connectivity index is 3.29. The first kappa shape index (κ1) is 17.2. The second-order valence-corrected chi connectivity index (χ2v) is 6.13. The van der Waals surface area contributed by atoms with Crippen LogP contribution >= 0.6 is 0 Å². The van der Waals surface area contributed by atoms with E-state index in [0.717, 1.165) is 5.56 Å². The van der Waals surface area contributed by atoms with Crippen molar-refractivity contribution in [1.29, 1.82) is 0 Å². The number of carbonyl (C=O) groups excluding carboxylic acids is 2. The van der Waals surface area contributed by atoms with E-state index in [1.54, 1.807) is 13.0 Å². The van der Waals surface area contributed by atoms with Gasteiger partial charge < -0.3 is 9.53 Å². The van der Waals surface area contributed by atoms with Gasteiger partial charge in [-0.3, -0.25) is 4.79 Å². The van der Waals surface area contributed by atoms with E-state index >= 15 is 0 Å². The Morgan fingerprint density at radius 2 is 1.71 bits per heavy atom. The van der Waals surface area contributed by atoms with Crippen LogP contribution < -0.4 is 0 Å². The molecule has 0 heterocycles. The molecule has 21 heavy (non-hydrogen) atoms. The molecule has 1 atom stereocenters. The van der Waals surface area contributed by atoms with Crippen LogP contribution in [0.25, 0.3) is 0 Å². The van der Waals surface area contributed by atoms with Crippen molar-refractivity contribution in [3.63, 3.8) is 0 Å². The van der Waals surface area contributed by atoms with Crippen molar-refractivity contribution in [3.8, 4) is 0 Å². The van der Waals surface area contributed by atoms with Crippen LogP contribution in [-0.4, -0.2) is 18.9 Å². The first-order chi connectivity index (χ1) is 9.81. The topological polar surface area (TPSA) is 43.4 Å². The Morgan fingerprint density at radius 1 is 1.19 bits per heavy atom. The molecule has 0 aliphatic carbocycles. The third kappa shape index (κ3) is 3.60. The minimum absolute atomic E-state index is 0.0186. The molecule has 1 aromatic carbocycles. The summed E-state index contributed by atoms with van der Waals surface area (Å²) in [7, 11) is 0. The van der Waals surface area contributed by atoms with E-state index in [4.69, 9.17) is 4.74 Å². The smallest absolute Gasteiger partial charge is 0.324 e. The van der Waals surface area contributed by atoms with Gasteiger partial charge in [-0.2, -0.15) is 0 Å². The van der Waals surface area contributed by atoms with Crippen molar-refractivity contribution >= 4 is 12.3 Å². The number of carbonyl (C=O) groups is 2. The molecule has 0 amide bonds. The van der Waals surface area contributed by atoms with Crippen LogP contribution in [0.3, 0.4) is 0 Å². The van der Waals surface area contributed by atoms with Crippen molar-refractivity contribution in [2.45, 2.75) is 44.9 Å². The van der Waals surface area contributed by atoms with E-state index in [2.05, 4.69) is 27.4 Å². The number of aldehydes is 1. The van der Waals surface area contributed by atoms with Gasteiger partial charge >= 0.3 is 5.97 Å². The summed E-state index contributed by atoms with van der Waals surface area (Å²) >= 11 is 0. The second-order valence-electron chi connectivity index (χ2n) is 6.13. The molecule has 0 fully saturated rings. The molecule has 3 heteroatoms. The minimum atomic E-state index is -1.30. The lowest BCUT2D eigenvalue weighted by Crippen LogP contribution is -2.39. The van der Waals surface area contributed by atoms with Crippen molar-refractivity contribution in [3.05, 3.63) is 48.0 Å². The number of hydrogen-bond acceptors (Lipinski definition) is 3. The van der Waals surface area contributed by atoms with E-state index in [0.29, 0.717) is 11.8 Å². The molecule has 0 radical (unpaired) electrons. The molecule has 0 aliphatic heterocycles. The SMILES string of the molecule is C=CCC(C=O)(C(=O)OCC)c1ccc(C(C)(C)C)cc1. The lowest BCUT2D eigenvalue weighted by atomic mass is 9.77. The van der Waals surface area contributed by atoms with Gasteiger partial charge in [0.05, 0.1) is 6.61 Å². The molecular formula is C18H24O3. The summed E-state index contributed by atoms with van der Waals surface area (Å²) in [5.74, 6) is -0.525. The fourth-order valence-electron chi connectivity index (χ4n) is 2.24. The highest BCUT2D eigenvalue weighted by Gasteiger charge is 2.40. The van der Waals surface area contributed by atoms with Crippen LogP contribution in [0.1, 0.15) is 45.2 Å². The molecule has 1 rings (SSSR count). The molecule has 0 saturated heterocycles. The fraction of sp³-hybridized carbons (Fsp3) is 0.444. The van der Waals surface area contributed by atoms with E-state index < -0.39 is 11.4 Å². The summed E-state index contributed by atoms with van der Waals surface area (Å²) in [4.78, 5) is 23.9. The van der Waals surface area contributed by atoms with Crippen molar-refractivity contribution in [2.24, 2.45) is 0 Å². The maximum absolute atomic E-state index is 12.3. The predicted octanol–water partition coefficient (Wildman–Crippen LogP) is 3.56. The van der Waals surface area contributed by atoms with Gasteiger partial charge in [-0.1, -0.05) is 51.1 Å². The highest BCUT2D eigenvalue weighted by atomic mass is 16.5. The van der Waals surface area contributed by atoms with Crippen LogP contribution in [0, 0.1) is 0 Å². The summed E-state index contributed by atoms with van der Waals surface area (Å²) in [6.45, 7) is 12.0. The molecule has 0 N–H and O–H groups in total. The Kier molecular flexibility index (Phi) is 5.47. The van der Waals surface area contributed by atoms with Crippen molar-refractivity contribution in [1.82, 2.24) is 0 Å². The van der Waals surface area contributed by atoms with Crippen molar-refractivity contribution < 1.29 is 14.3 Å². The summed E-state index contributed by atoms with van der Waals surface area (Å²) in [5.41, 5.74) is 0.510. The summed E-state index contributed by atoms with van der Waals surface area (Å²) in [6, 6.07) is 7.57. The third-order valence-electron chi connectivity index (χ3n) is 3.57. The number of allylic oxidation sites excluding steroid dienone is 1. The maximum Gasteiger partial charge on any atom is 0.324 e. The Morgan fingerprint density at radius 3 is 2.10 bits per heavy atom. The summed E-state index contributed by atoms with van der Waals surface area (Å²) < 4.78 is 5.08. The van der Waals surface area contributed by atoms with E-state index in [9.17, 15) is 9.59 Å². The Bertz CT molecular complexity index is 508. The summed E-state index contributed by atoms with van der Waals surface area (Å²) in [5, 5.41) is 0. The van der Waals surface area contributed by atoms with Crippen LogP contribution in [0.15, 0.2) is 36.9 Å². The van der Waals surface area contributed by atoms with Gasteiger partial charge in [0, 0.05) is 0 Å². The largest absolute Gasteiger partial charge is 0.465 e. The van der Waals surface area contributed by atoms with E-state index in [-0.39, 0.29) is 18.4 Å². The lowest BCUT2D eigenvalue weighted by Gasteiger charge is -2.26. The minimum Gasteiger partial charge on any atom is -0.465 e. The standard InChI is InChI=1S/C18H24O3/c1-6-12-18(13-19,16(20)21-7-2)15-10-8-14(9-11-15)17(3,4)5/h6,8-11,13H,1,7,12H2,2-5H3. The first-order valence-corrected chi connectivity index (χ1v) is 7.17. The number of rotatable bonds is 6. The maximum atomic E-state index is 12.3. The van der Waals surface area contributed by atoms with Gasteiger partial charge in [0.1, 0.15) is 6.29 Å². The number of hydrogen-bond donors (Lipinski definition) is 0. The summed E-state index contributed by atoms with van der Waals surface area (Å²) in [6.07, 6.45) is 2.46. The Hall–Kier alpha value is -1.90. The molecule has 0 spiro atoms. The van der Waals surface area contributed by atoms with Crippen molar-refractivity contribution in [2.75, 3.05) is 6.61 Å². The van der Waals surface area contributed by atoms with Gasteiger partial charge in [0.2, 0.25) is 0 Å². The van der Waals surface area contributed by atoms with Crippen LogP contribution in [0.5, 0.6) is 0 Å². The van der Waals surface area contributed by atoms with E-state index in [1.807, 2.05) is 24.3 Å². The molecule has 0 bridgehead atoms. The lowest BCUT2D eigenvalue weighted by molar-refractivity contribution is -0.151. The number of benzene rings is 1. The second kappa shape index (κ2) is 6.70. The molecular weight excluding hydrogens is 264 g/mol. The van der Waals surface area contributed by atoms with Gasteiger partial charge in [-0.25, -0.2) is 0 Å². The zero-order valence-electron chi connectivity index (χ0n) is 13.3. The molecule has 1 unspecified atom stereocenters. The molecule has 0 aromatic heterocycles. The van der Waals surface area contributed by atoms with Gasteiger partial charge in [0.15, 0.2) is 5.41 Å². The predicted molar refractivity (Wildman–Crippen MR) is 84.3 cm³/mol. The number of ether oxygens (including phenoxy) is 1. The van der Waals surface area contributed by atoms with Crippen LogP contribution in [0.2, 0.25) is 0 Å². The zero-order chi connectivity index (χ0) is 16.1. The molecule has 114 valence electrons. The van der Waals surface area contributed by atoms with Crippen LogP contribution in [0.4, 0.5) is 0 Å². The normalized spacial score (nSPS) is 14.1. The average molecular weight is 288 g/mol. The highest BCUT2D eigenvalue weighted by Crippen LogP contribution is 2.31. The zero-order valence-corrected chi connectivity index (χ0v) is 13.3.